The minimum Gasteiger partial charge on any atom is -0.296 e. The summed E-state index contributed by atoms with van der Waals surface area (Å²) in [7, 11) is 2.78. The van der Waals surface area contributed by atoms with Gasteiger partial charge in [-0.1, -0.05) is 9.39 Å². The van der Waals surface area contributed by atoms with Crippen LogP contribution in [0.4, 0.5) is 0 Å². The first-order chi connectivity index (χ1) is 5.11. The third kappa shape index (κ3) is 2.40. The second-order valence-corrected chi connectivity index (χ2v) is 4.41. The highest BCUT2D eigenvalue weighted by Gasteiger charge is 2.22. The van der Waals surface area contributed by atoms with Crippen molar-refractivity contribution in [3.63, 3.8) is 0 Å². The molecule has 1 rings (SSSR count). The van der Waals surface area contributed by atoms with Crippen molar-refractivity contribution in [2.45, 2.75) is 32.9 Å². The third-order valence-corrected chi connectivity index (χ3v) is 2.84. The Labute approximate surface area is 72.2 Å². The molecule has 0 N–H and O–H groups in total. The van der Waals surface area contributed by atoms with Crippen molar-refractivity contribution in [2.24, 2.45) is 0 Å². The Morgan fingerprint density at radius 2 is 2.00 bits per heavy atom. The molecule has 0 amide bonds. The van der Waals surface area contributed by atoms with Gasteiger partial charge in [-0.2, -0.15) is 0 Å². The lowest BCUT2D eigenvalue weighted by atomic mass is 10.2. The first kappa shape index (κ1) is 9.44. The van der Waals surface area contributed by atoms with Crippen molar-refractivity contribution in [1.29, 1.82) is 0 Å². The molecule has 3 heteroatoms. The summed E-state index contributed by atoms with van der Waals surface area (Å²) in [6.07, 6.45) is 0. The average Bonchev–Trinajstić information content (AvgIpc) is 1.85. The molecular formula is C8H19N2P. The SMILES string of the molecule is CC(C)N1CCN(P)CC1C. The fourth-order valence-corrected chi connectivity index (χ4v) is 2.19. The highest BCUT2D eigenvalue weighted by atomic mass is 31.0. The van der Waals surface area contributed by atoms with Crippen LogP contribution in [0.3, 0.4) is 0 Å². The molecule has 0 aromatic carbocycles. The molecule has 1 aliphatic rings. The Bertz CT molecular complexity index is 127. The summed E-state index contributed by atoms with van der Waals surface area (Å²) in [5.74, 6) is 0. The van der Waals surface area contributed by atoms with Gasteiger partial charge in [0, 0.05) is 31.7 Å². The molecule has 0 aliphatic carbocycles. The molecule has 11 heavy (non-hydrogen) atoms. The maximum atomic E-state index is 2.78. The van der Waals surface area contributed by atoms with Crippen LogP contribution in [0.5, 0.6) is 0 Å². The van der Waals surface area contributed by atoms with Gasteiger partial charge in [-0.15, -0.1) is 0 Å². The van der Waals surface area contributed by atoms with Crippen LogP contribution in [-0.2, 0) is 0 Å². The fraction of sp³-hybridized carbons (Fsp3) is 1.00. The molecule has 1 saturated heterocycles. The van der Waals surface area contributed by atoms with Crippen LogP contribution in [0.25, 0.3) is 0 Å². The Morgan fingerprint density at radius 1 is 1.36 bits per heavy atom. The zero-order chi connectivity index (χ0) is 8.43. The summed E-state index contributed by atoms with van der Waals surface area (Å²) in [6.45, 7) is 10.4. The van der Waals surface area contributed by atoms with Crippen molar-refractivity contribution in [1.82, 2.24) is 9.57 Å². The summed E-state index contributed by atoms with van der Waals surface area (Å²) >= 11 is 0. The van der Waals surface area contributed by atoms with Gasteiger partial charge in [0.2, 0.25) is 0 Å². The van der Waals surface area contributed by atoms with Crippen molar-refractivity contribution in [2.75, 3.05) is 19.6 Å². The summed E-state index contributed by atoms with van der Waals surface area (Å²) in [6, 6.07) is 1.41. The van der Waals surface area contributed by atoms with Crippen molar-refractivity contribution in [3.05, 3.63) is 0 Å². The van der Waals surface area contributed by atoms with Crippen molar-refractivity contribution in [3.8, 4) is 0 Å². The Balaban J connectivity index is 2.44. The molecule has 0 saturated carbocycles. The predicted octanol–water partition coefficient (Wildman–Crippen LogP) is 1.19. The second-order valence-electron chi connectivity index (χ2n) is 3.68. The summed E-state index contributed by atoms with van der Waals surface area (Å²) in [4.78, 5) is 2.56. The van der Waals surface area contributed by atoms with Gasteiger partial charge >= 0.3 is 0 Å². The lowest BCUT2D eigenvalue weighted by molar-refractivity contribution is 0.102. The van der Waals surface area contributed by atoms with Crippen molar-refractivity contribution < 1.29 is 0 Å². The minimum atomic E-state index is 0.698. The molecule has 0 aromatic rings. The van der Waals surface area contributed by atoms with E-state index in [4.69, 9.17) is 0 Å². The molecule has 2 atom stereocenters. The van der Waals surface area contributed by atoms with Crippen LogP contribution in [0.15, 0.2) is 0 Å². The van der Waals surface area contributed by atoms with Gasteiger partial charge < -0.3 is 0 Å². The molecule has 0 spiro atoms. The van der Waals surface area contributed by atoms with Crippen LogP contribution in [0.1, 0.15) is 20.8 Å². The maximum absolute atomic E-state index is 2.78. The van der Waals surface area contributed by atoms with Gasteiger partial charge in [0.1, 0.15) is 0 Å². The van der Waals surface area contributed by atoms with E-state index < -0.39 is 0 Å². The van der Waals surface area contributed by atoms with Crippen LogP contribution >= 0.6 is 9.39 Å². The van der Waals surface area contributed by atoms with Gasteiger partial charge in [-0.3, -0.25) is 9.57 Å². The second kappa shape index (κ2) is 3.84. The molecule has 2 nitrogen and oxygen atoms in total. The van der Waals surface area contributed by atoms with E-state index in [0.717, 1.165) is 0 Å². The quantitative estimate of drug-likeness (QED) is 0.551. The average molecular weight is 174 g/mol. The monoisotopic (exact) mass is 174 g/mol. The molecule has 0 aromatic heterocycles. The number of piperazine rings is 1. The van der Waals surface area contributed by atoms with Gasteiger partial charge in [-0.05, 0) is 20.8 Å². The summed E-state index contributed by atoms with van der Waals surface area (Å²) in [5.41, 5.74) is 0. The first-order valence-corrected chi connectivity index (χ1v) is 4.88. The standard InChI is InChI=1S/C8H19N2P/c1-7(2)10-5-4-9(11)6-8(10)3/h7-8H,4-6,11H2,1-3H3. The highest BCUT2D eigenvalue weighted by molar-refractivity contribution is 7.13. The van der Waals surface area contributed by atoms with Crippen LogP contribution in [-0.4, -0.2) is 41.3 Å². The zero-order valence-electron chi connectivity index (χ0n) is 7.75. The van der Waals surface area contributed by atoms with Crippen LogP contribution < -0.4 is 0 Å². The molecule has 66 valence electrons. The van der Waals surface area contributed by atoms with E-state index in [9.17, 15) is 0 Å². The molecular weight excluding hydrogens is 155 g/mol. The Morgan fingerprint density at radius 3 is 2.45 bits per heavy atom. The molecule has 0 radical (unpaired) electrons. The van der Waals surface area contributed by atoms with Crippen molar-refractivity contribution >= 4 is 9.39 Å². The van der Waals surface area contributed by atoms with Gasteiger partial charge in [-0.25, -0.2) is 0 Å². The third-order valence-electron chi connectivity index (χ3n) is 2.37. The van der Waals surface area contributed by atoms with Gasteiger partial charge in [0.25, 0.3) is 0 Å². The Kier molecular flexibility index (Phi) is 3.29. The topological polar surface area (TPSA) is 6.48 Å². The smallest absolute Gasteiger partial charge is 0.0201 e. The van der Waals surface area contributed by atoms with E-state index in [0.29, 0.717) is 12.1 Å². The van der Waals surface area contributed by atoms with E-state index >= 15 is 0 Å². The molecule has 1 heterocycles. The molecule has 2 unspecified atom stereocenters. The van der Waals surface area contributed by atoms with Crippen LogP contribution in [0, 0.1) is 0 Å². The number of nitrogens with zero attached hydrogens (tertiary/aromatic N) is 2. The van der Waals surface area contributed by atoms with E-state index in [1.54, 1.807) is 0 Å². The van der Waals surface area contributed by atoms with Gasteiger partial charge in [0.15, 0.2) is 0 Å². The highest BCUT2D eigenvalue weighted by Crippen LogP contribution is 2.14. The van der Waals surface area contributed by atoms with Crippen LogP contribution in [0.2, 0.25) is 0 Å². The predicted molar refractivity (Wildman–Crippen MR) is 52.6 cm³/mol. The Hall–Kier alpha value is 0.350. The summed E-state index contributed by atoms with van der Waals surface area (Å²) in [5, 5.41) is 0. The number of rotatable bonds is 1. The lowest BCUT2D eigenvalue weighted by Crippen LogP contribution is -2.51. The largest absolute Gasteiger partial charge is 0.296 e. The first-order valence-electron chi connectivity index (χ1n) is 4.36. The fourth-order valence-electron chi connectivity index (χ4n) is 1.77. The molecule has 1 fully saturated rings. The maximum Gasteiger partial charge on any atom is 0.0201 e. The zero-order valence-corrected chi connectivity index (χ0v) is 8.90. The normalized spacial score (nSPS) is 29.7. The van der Waals surface area contributed by atoms with E-state index in [2.05, 4.69) is 39.7 Å². The number of hydrogen-bond acceptors (Lipinski definition) is 2. The molecule has 1 aliphatic heterocycles. The van der Waals surface area contributed by atoms with E-state index in [-0.39, 0.29) is 0 Å². The number of hydrogen-bond donors (Lipinski definition) is 0. The van der Waals surface area contributed by atoms with E-state index in [1.807, 2.05) is 0 Å². The molecule has 0 bridgehead atoms. The lowest BCUT2D eigenvalue weighted by Gasteiger charge is -2.40. The van der Waals surface area contributed by atoms with E-state index in [1.165, 1.54) is 19.6 Å². The summed E-state index contributed by atoms with van der Waals surface area (Å²) < 4.78 is 2.32. The van der Waals surface area contributed by atoms with Gasteiger partial charge in [0.05, 0.1) is 0 Å². The minimum absolute atomic E-state index is 0.698.